The van der Waals surface area contributed by atoms with Crippen LogP contribution in [0.4, 0.5) is 32.6 Å². The maximum absolute atomic E-state index is 12.6. The Morgan fingerprint density at radius 1 is 1.05 bits per heavy atom. The highest BCUT2D eigenvalue weighted by molar-refractivity contribution is 5.76. The van der Waals surface area contributed by atoms with Gasteiger partial charge in [0.1, 0.15) is 11.9 Å². The molecular formula is C30H39N9O3. The molecule has 2 aromatic rings. The van der Waals surface area contributed by atoms with Crippen LogP contribution in [0.2, 0.25) is 0 Å². The van der Waals surface area contributed by atoms with Gasteiger partial charge in [0.05, 0.1) is 12.2 Å². The molecule has 0 unspecified atom stereocenters. The molecule has 4 aliphatic heterocycles. The zero-order chi connectivity index (χ0) is 29.3. The number of anilines is 4. The van der Waals surface area contributed by atoms with Crippen molar-refractivity contribution < 1.29 is 14.7 Å². The summed E-state index contributed by atoms with van der Waals surface area (Å²) in [5.74, 6) is 1.12. The Balaban J connectivity index is 1.10. The summed E-state index contributed by atoms with van der Waals surface area (Å²) < 4.78 is 0. The van der Waals surface area contributed by atoms with Crippen molar-refractivity contribution >= 4 is 35.1 Å². The van der Waals surface area contributed by atoms with Gasteiger partial charge in [-0.05, 0) is 68.2 Å². The summed E-state index contributed by atoms with van der Waals surface area (Å²) in [6.45, 7) is 6.12. The minimum atomic E-state index is -0.805. The number of carboxylic acid groups (broad SMARTS) is 1. The van der Waals surface area contributed by atoms with E-state index in [2.05, 4.69) is 38.3 Å². The lowest BCUT2D eigenvalue weighted by Gasteiger charge is -2.47. The van der Waals surface area contributed by atoms with Gasteiger partial charge in [-0.2, -0.15) is 5.26 Å². The largest absolute Gasteiger partial charge is 0.465 e. The predicted molar refractivity (Wildman–Crippen MR) is 159 cm³/mol. The molecule has 222 valence electrons. The first kappa shape index (κ1) is 27.9. The maximum atomic E-state index is 12.6. The van der Waals surface area contributed by atoms with Crippen molar-refractivity contribution in [3.8, 4) is 6.07 Å². The fourth-order valence-corrected chi connectivity index (χ4v) is 7.04. The van der Waals surface area contributed by atoms with Crippen molar-refractivity contribution in [3.05, 3.63) is 36.2 Å². The highest BCUT2D eigenvalue weighted by atomic mass is 16.4. The average molecular weight is 574 g/mol. The molecule has 4 fully saturated rings. The Labute approximate surface area is 246 Å². The lowest BCUT2D eigenvalue weighted by Crippen LogP contribution is -2.50. The zero-order valence-electron chi connectivity index (χ0n) is 24.2. The number of nitrogens with zero attached hydrogens (tertiary/aromatic N) is 8. The second-order valence-corrected chi connectivity index (χ2v) is 12.1. The highest BCUT2D eigenvalue weighted by Crippen LogP contribution is 2.41. The number of piperidine rings is 3. The maximum Gasteiger partial charge on any atom is 0.407 e. The monoisotopic (exact) mass is 573 g/mol. The minimum absolute atomic E-state index is 0.0847. The first-order valence-corrected chi connectivity index (χ1v) is 15.0. The first-order valence-electron chi connectivity index (χ1n) is 15.0. The molecule has 0 radical (unpaired) electrons. The van der Waals surface area contributed by atoms with E-state index < -0.39 is 6.09 Å². The smallest absolute Gasteiger partial charge is 0.407 e. The third kappa shape index (κ3) is 5.60. The van der Waals surface area contributed by atoms with E-state index in [1.165, 1.54) is 0 Å². The molecule has 1 spiro atoms. The Hall–Kier alpha value is -4.27. The van der Waals surface area contributed by atoms with Crippen molar-refractivity contribution in [3.63, 3.8) is 0 Å². The number of hydrogen-bond acceptors (Lipinski definition) is 8. The molecule has 2 N–H and O–H groups in total. The molecule has 6 rings (SSSR count). The number of nitriles is 1. The van der Waals surface area contributed by atoms with Crippen molar-refractivity contribution in [2.45, 2.75) is 44.6 Å². The van der Waals surface area contributed by atoms with Crippen molar-refractivity contribution in [1.29, 1.82) is 5.26 Å². The van der Waals surface area contributed by atoms with Crippen LogP contribution in [-0.4, -0.2) is 107 Å². The standard InChI is InChI=1S/C30H39N9O3/c1-35-16-17-39(28(35)40)24-4-2-12-37(20-24)26-19-32-25(18-31)27(34-26)33-22-5-7-23(8-6-22)36-14-10-30(11-15-36)9-3-13-38(21-30)29(41)42/h5-8,19,24H,2-4,9-17,20-21H2,1H3,(H,33,34)(H,41,42)/t24-/m0/s1. The SMILES string of the molecule is CN1CCN([C@H]2CCCN(c3cnc(C#N)c(Nc4ccc(N5CCC6(CCCN(C(=O)O)C6)CC5)cc4)n3)C2)C1=O. The molecule has 1 aromatic carbocycles. The third-order valence-corrected chi connectivity index (χ3v) is 9.53. The number of amides is 3. The Bertz CT molecular complexity index is 1350. The molecule has 1 aromatic heterocycles. The van der Waals surface area contributed by atoms with E-state index in [1.54, 1.807) is 16.0 Å². The van der Waals surface area contributed by atoms with Gasteiger partial charge in [0.15, 0.2) is 11.5 Å². The van der Waals surface area contributed by atoms with E-state index in [4.69, 9.17) is 4.98 Å². The Kier molecular flexibility index (Phi) is 7.66. The Morgan fingerprint density at radius 3 is 2.52 bits per heavy atom. The number of nitrogens with one attached hydrogen (secondary N) is 1. The molecule has 12 nitrogen and oxygen atoms in total. The first-order chi connectivity index (χ1) is 20.3. The molecule has 0 aliphatic carbocycles. The van der Waals surface area contributed by atoms with Gasteiger partial charge >= 0.3 is 12.1 Å². The number of likely N-dealkylation sites (N-methyl/N-ethyl adjacent to an activating group) is 1. The van der Waals surface area contributed by atoms with Crippen molar-refractivity contribution in [1.82, 2.24) is 24.7 Å². The van der Waals surface area contributed by atoms with Crippen LogP contribution in [0.1, 0.15) is 44.2 Å². The number of carbonyl (C=O) groups excluding carboxylic acids is 1. The summed E-state index contributed by atoms with van der Waals surface area (Å²) in [6, 6.07) is 10.5. The molecule has 4 saturated heterocycles. The lowest BCUT2D eigenvalue weighted by molar-refractivity contribution is 0.0614. The zero-order valence-corrected chi connectivity index (χ0v) is 24.2. The van der Waals surface area contributed by atoms with Crippen molar-refractivity contribution in [2.24, 2.45) is 5.41 Å². The summed E-state index contributed by atoms with van der Waals surface area (Å²) in [4.78, 5) is 43.1. The average Bonchev–Trinajstić information content (AvgIpc) is 3.35. The van der Waals surface area contributed by atoms with Gasteiger partial charge in [-0.3, -0.25) is 0 Å². The molecule has 4 aliphatic rings. The van der Waals surface area contributed by atoms with Crippen LogP contribution in [0.25, 0.3) is 0 Å². The number of carbonyl (C=O) groups is 2. The second kappa shape index (κ2) is 11.5. The number of hydrogen-bond donors (Lipinski definition) is 2. The number of rotatable bonds is 5. The topological polar surface area (TPSA) is 132 Å². The number of likely N-dealkylation sites (tertiary alicyclic amines) is 1. The van der Waals surface area contributed by atoms with Crippen LogP contribution in [0.3, 0.4) is 0 Å². The summed E-state index contributed by atoms with van der Waals surface area (Å²) in [5.41, 5.74) is 2.28. The predicted octanol–water partition coefficient (Wildman–Crippen LogP) is 3.79. The fourth-order valence-electron chi connectivity index (χ4n) is 7.04. The van der Waals surface area contributed by atoms with Gasteiger partial charge in [0, 0.05) is 70.8 Å². The summed E-state index contributed by atoms with van der Waals surface area (Å²) in [6.07, 6.45) is 6.79. The lowest BCUT2D eigenvalue weighted by atomic mass is 9.72. The molecular weight excluding hydrogens is 534 g/mol. The molecule has 12 heteroatoms. The van der Waals surface area contributed by atoms with Gasteiger partial charge in [-0.1, -0.05) is 0 Å². The van der Waals surface area contributed by atoms with Crippen molar-refractivity contribution in [2.75, 3.05) is 74.5 Å². The molecule has 1 atom stereocenters. The molecule has 0 saturated carbocycles. The number of urea groups is 1. The second-order valence-electron chi connectivity index (χ2n) is 12.1. The molecule has 42 heavy (non-hydrogen) atoms. The van der Waals surface area contributed by atoms with Gasteiger partial charge in [-0.15, -0.1) is 0 Å². The van der Waals surface area contributed by atoms with Crippen LogP contribution in [0.15, 0.2) is 30.5 Å². The van der Waals surface area contributed by atoms with Crippen LogP contribution in [-0.2, 0) is 0 Å². The van der Waals surface area contributed by atoms with Gasteiger partial charge in [-0.25, -0.2) is 19.6 Å². The van der Waals surface area contributed by atoms with Gasteiger partial charge in [0.2, 0.25) is 0 Å². The van der Waals surface area contributed by atoms with Gasteiger partial charge in [0.25, 0.3) is 0 Å². The number of aromatic nitrogens is 2. The van der Waals surface area contributed by atoms with Crippen LogP contribution in [0, 0.1) is 16.7 Å². The summed E-state index contributed by atoms with van der Waals surface area (Å²) in [7, 11) is 1.84. The van der Waals surface area contributed by atoms with Gasteiger partial charge < -0.3 is 34.9 Å². The normalized spacial score (nSPS) is 22.4. The molecule has 0 bridgehead atoms. The van der Waals surface area contributed by atoms with E-state index >= 15 is 0 Å². The summed E-state index contributed by atoms with van der Waals surface area (Å²) in [5, 5.41) is 22.5. The highest BCUT2D eigenvalue weighted by Gasteiger charge is 2.40. The number of benzene rings is 1. The Morgan fingerprint density at radius 2 is 1.83 bits per heavy atom. The minimum Gasteiger partial charge on any atom is -0.465 e. The van der Waals surface area contributed by atoms with E-state index in [0.29, 0.717) is 31.3 Å². The third-order valence-electron chi connectivity index (χ3n) is 9.53. The molecule has 5 heterocycles. The van der Waals surface area contributed by atoms with E-state index in [-0.39, 0.29) is 23.2 Å². The van der Waals surface area contributed by atoms with Crippen LogP contribution in [0.5, 0.6) is 0 Å². The van der Waals surface area contributed by atoms with Crippen LogP contribution < -0.4 is 15.1 Å². The van der Waals surface area contributed by atoms with Crippen LogP contribution >= 0.6 is 0 Å². The van der Waals surface area contributed by atoms with E-state index in [1.807, 2.05) is 24.1 Å². The van der Waals surface area contributed by atoms with E-state index in [9.17, 15) is 20.0 Å². The molecule has 3 amide bonds. The van der Waals surface area contributed by atoms with E-state index in [0.717, 1.165) is 82.6 Å². The fraction of sp³-hybridized carbons (Fsp3) is 0.567. The summed E-state index contributed by atoms with van der Waals surface area (Å²) >= 11 is 0. The quantitative estimate of drug-likeness (QED) is 0.548.